The number of halogens is 1. The van der Waals surface area contributed by atoms with Crippen molar-refractivity contribution in [3.05, 3.63) is 0 Å². The zero-order valence-corrected chi connectivity index (χ0v) is 6.17. The molecular weight excluding hydrogens is 171 g/mol. The van der Waals surface area contributed by atoms with E-state index in [0.29, 0.717) is 0 Å². The molecule has 0 aromatic carbocycles. The number of alkyl halides is 1. The largest absolute Gasteiger partial charge is 0.394 e. The van der Waals surface area contributed by atoms with Crippen LogP contribution >= 0.6 is 0 Å². The monoisotopic (exact) mass is 182 g/mol. The van der Waals surface area contributed by atoms with Crippen molar-refractivity contribution in [1.29, 1.82) is 0 Å². The van der Waals surface area contributed by atoms with Crippen LogP contribution in [-0.2, 0) is 4.74 Å². The second kappa shape index (κ2) is 3.63. The lowest BCUT2D eigenvalue weighted by Gasteiger charge is -2.36. The number of rotatable bonds is 1. The van der Waals surface area contributed by atoms with Crippen molar-refractivity contribution in [2.45, 2.75) is 30.8 Å². The quantitative estimate of drug-likeness (QED) is 0.368. The highest BCUT2D eigenvalue weighted by molar-refractivity contribution is 4.88. The van der Waals surface area contributed by atoms with Gasteiger partial charge < -0.3 is 25.2 Å². The van der Waals surface area contributed by atoms with Crippen LogP contribution in [0.2, 0.25) is 0 Å². The smallest absolute Gasteiger partial charge is 0.189 e. The molecule has 0 amide bonds. The predicted molar refractivity (Wildman–Crippen MR) is 34.9 cm³/mol. The van der Waals surface area contributed by atoms with Crippen LogP contribution in [0.4, 0.5) is 4.39 Å². The third-order valence-electron chi connectivity index (χ3n) is 1.82. The van der Waals surface area contributed by atoms with Gasteiger partial charge in [0, 0.05) is 0 Å². The van der Waals surface area contributed by atoms with Crippen molar-refractivity contribution in [2.75, 3.05) is 6.61 Å². The summed E-state index contributed by atoms with van der Waals surface area (Å²) in [4.78, 5) is 0. The van der Waals surface area contributed by atoms with E-state index in [1.165, 1.54) is 0 Å². The zero-order chi connectivity index (χ0) is 9.30. The van der Waals surface area contributed by atoms with E-state index >= 15 is 0 Å². The van der Waals surface area contributed by atoms with Crippen molar-refractivity contribution < 1.29 is 29.6 Å². The van der Waals surface area contributed by atoms with Gasteiger partial charge in [-0.15, -0.1) is 0 Å². The maximum absolute atomic E-state index is 12.7. The molecule has 1 aliphatic heterocycles. The highest BCUT2D eigenvalue weighted by Gasteiger charge is 2.43. The maximum atomic E-state index is 12.7. The van der Waals surface area contributed by atoms with Gasteiger partial charge >= 0.3 is 0 Å². The molecule has 12 heavy (non-hydrogen) atoms. The molecule has 6 heteroatoms. The van der Waals surface area contributed by atoms with Gasteiger partial charge in [0.1, 0.15) is 18.3 Å². The molecule has 0 spiro atoms. The van der Waals surface area contributed by atoms with E-state index in [4.69, 9.17) is 20.4 Å². The van der Waals surface area contributed by atoms with Crippen LogP contribution in [0.5, 0.6) is 0 Å². The number of aliphatic hydroxyl groups excluding tert-OH is 4. The molecule has 0 aromatic heterocycles. The highest BCUT2D eigenvalue weighted by Crippen LogP contribution is 2.21. The average Bonchev–Trinajstić information content (AvgIpc) is 2.08. The Morgan fingerprint density at radius 1 is 1.17 bits per heavy atom. The highest BCUT2D eigenvalue weighted by atomic mass is 19.1. The van der Waals surface area contributed by atoms with Crippen LogP contribution in [0.25, 0.3) is 0 Å². The third kappa shape index (κ3) is 1.57. The lowest BCUT2D eigenvalue weighted by Crippen LogP contribution is -2.56. The van der Waals surface area contributed by atoms with E-state index in [-0.39, 0.29) is 0 Å². The van der Waals surface area contributed by atoms with Crippen LogP contribution in [0, 0.1) is 0 Å². The first-order valence-corrected chi connectivity index (χ1v) is 3.52. The summed E-state index contributed by atoms with van der Waals surface area (Å²) in [6.45, 7) is -0.581. The summed E-state index contributed by atoms with van der Waals surface area (Å²) < 4.78 is 17.1. The minimum atomic E-state index is -2.04. The number of hydrogen-bond acceptors (Lipinski definition) is 5. The molecular formula is C6H11FO5. The number of hydrogen-bond donors (Lipinski definition) is 4. The fourth-order valence-electron chi connectivity index (χ4n) is 1.06. The van der Waals surface area contributed by atoms with Gasteiger partial charge in [0.05, 0.1) is 6.61 Å². The number of aliphatic hydroxyl groups is 4. The third-order valence-corrected chi connectivity index (χ3v) is 1.82. The van der Waals surface area contributed by atoms with Gasteiger partial charge in [-0.1, -0.05) is 0 Å². The summed E-state index contributed by atoms with van der Waals surface area (Å²) in [7, 11) is 0. The maximum Gasteiger partial charge on any atom is 0.189 e. The van der Waals surface area contributed by atoms with Crippen LogP contribution in [0.3, 0.4) is 0 Å². The van der Waals surface area contributed by atoms with E-state index in [1.807, 2.05) is 0 Å². The Bertz CT molecular complexity index is 150. The first kappa shape index (κ1) is 9.82. The Hall–Kier alpha value is -0.270. The SMILES string of the molecule is OC[C@H]1OC(O)[C@@H](F)[C@@H](O)[C@H]1O. The number of ether oxygens (including phenoxy) is 1. The fourth-order valence-corrected chi connectivity index (χ4v) is 1.06. The Kier molecular flexibility index (Phi) is 2.97. The molecule has 1 saturated heterocycles. The lowest BCUT2D eigenvalue weighted by atomic mass is 10.0. The van der Waals surface area contributed by atoms with E-state index < -0.39 is 37.4 Å². The second-order valence-electron chi connectivity index (χ2n) is 2.67. The molecule has 0 aliphatic carbocycles. The van der Waals surface area contributed by atoms with Gasteiger partial charge in [-0.25, -0.2) is 4.39 Å². The van der Waals surface area contributed by atoms with Gasteiger partial charge in [-0.2, -0.15) is 0 Å². The molecule has 1 fully saturated rings. The van der Waals surface area contributed by atoms with Crippen molar-refractivity contribution in [3.8, 4) is 0 Å². The first-order valence-electron chi connectivity index (χ1n) is 3.52. The normalized spacial score (nSPS) is 49.2. The molecule has 1 unspecified atom stereocenters. The molecule has 1 heterocycles. The van der Waals surface area contributed by atoms with Crippen molar-refractivity contribution in [2.24, 2.45) is 0 Å². The molecule has 0 radical (unpaired) electrons. The van der Waals surface area contributed by atoms with Gasteiger partial charge in [0.2, 0.25) is 0 Å². The van der Waals surface area contributed by atoms with Crippen LogP contribution in [-0.4, -0.2) is 57.8 Å². The zero-order valence-electron chi connectivity index (χ0n) is 6.17. The van der Waals surface area contributed by atoms with Gasteiger partial charge in [-0.05, 0) is 0 Å². The standard InChI is InChI=1S/C6H11FO5/c7-3-5(10)4(9)2(1-8)12-6(3)11/h2-6,8-11H,1H2/t2-,3+,4+,5-,6?/m1/s1. The predicted octanol–water partition coefficient (Wildman–Crippen LogP) is -2.24. The Morgan fingerprint density at radius 3 is 2.25 bits per heavy atom. The van der Waals surface area contributed by atoms with Crippen LogP contribution in [0.15, 0.2) is 0 Å². The summed E-state index contributed by atoms with van der Waals surface area (Å²) >= 11 is 0. The molecule has 1 rings (SSSR count). The summed E-state index contributed by atoms with van der Waals surface area (Å²) in [6.07, 6.45) is -8.19. The lowest BCUT2D eigenvalue weighted by molar-refractivity contribution is -0.271. The molecule has 0 bridgehead atoms. The summed E-state index contributed by atoms with van der Waals surface area (Å²) in [5, 5.41) is 35.3. The van der Waals surface area contributed by atoms with E-state index in [9.17, 15) is 4.39 Å². The van der Waals surface area contributed by atoms with Crippen molar-refractivity contribution >= 4 is 0 Å². The molecule has 72 valence electrons. The topological polar surface area (TPSA) is 90.2 Å². The minimum absolute atomic E-state index is 0.581. The Balaban J connectivity index is 2.63. The minimum Gasteiger partial charge on any atom is -0.394 e. The van der Waals surface area contributed by atoms with Gasteiger partial charge in [-0.3, -0.25) is 0 Å². The average molecular weight is 182 g/mol. The first-order chi connectivity index (χ1) is 5.57. The van der Waals surface area contributed by atoms with Crippen molar-refractivity contribution in [1.82, 2.24) is 0 Å². The fraction of sp³-hybridized carbons (Fsp3) is 1.00. The van der Waals surface area contributed by atoms with Crippen LogP contribution < -0.4 is 0 Å². The molecule has 4 N–H and O–H groups in total. The molecule has 0 aromatic rings. The summed E-state index contributed by atoms with van der Waals surface area (Å²) in [5.41, 5.74) is 0. The van der Waals surface area contributed by atoms with Gasteiger partial charge in [0.15, 0.2) is 12.5 Å². The van der Waals surface area contributed by atoms with E-state index in [1.54, 1.807) is 0 Å². The molecule has 0 saturated carbocycles. The Labute approximate surface area is 68.0 Å². The summed E-state index contributed by atoms with van der Waals surface area (Å²) in [5.74, 6) is 0. The summed E-state index contributed by atoms with van der Waals surface area (Å²) in [6, 6.07) is 0. The van der Waals surface area contributed by atoms with Gasteiger partial charge in [0.25, 0.3) is 0 Å². The molecule has 5 atom stereocenters. The molecule has 5 nitrogen and oxygen atoms in total. The van der Waals surface area contributed by atoms with E-state index in [2.05, 4.69) is 4.74 Å². The van der Waals surface area contributed by atoms with E-state index in [0.717, 1.165) is 0 Å². The molecule has 1 aliphatic rings. The second-order valence-corrected chi connectivity index (χ2v) is 2.67. The Morgan fingerprint density at radius 2 is 1.75 bits per heavy atom. The van der Waals surface area contributed by atoms with Crippen molar-refractivity contribution in [3.63, 3.8) is 0 Å². The van der Waals surface area contributed by atoms with Crippen LogP contribution in [0.1, 0.15) is 0 Å².